The largest absolute Gasteiger partial charge is 0.508 e. The van der Waals surface area contributed by atoms with Gasteiger partial charge in [-0.1, -0.05) is 68.3 Å². The number of thiophene rings is 1. The summed E-state index contributed by atoms with van der Waals surface area (Å²) in [5.74, 6) is -17.6. The highest BCUT2D eigenvalue weighted by atomic mass is 32.2. The minimum atomic E-state index is -1.87. The Kier molecular flexibility index (Phi) is 39.1. The van der Waals surface area contributed by atoms with Crippen molar-refractivity contribution in [2.24, 2.45) is 17.2 Å². The van der Waals surface area contributed by atoms with E-state index in [1.165, 1.54) is 88.0 Å². The Bertz CT molecular complexity index is 5160. The van der Waals surface area contributed by atoms with E-state index in [9.17, 15) is 68.1 Å². The Morgan fingerprint density at radius 1 is 0.556 bits per heavy atom. The molecule has 0 bridgehead atoms. The summed E-state index contributed by atoms with van der Waals surface area (Å²) in [6.45, 7) is -0.0423. The number of fused-ring (bicyclic) bond motifs is 4. The summed E-state index contributed by atoms with van der Waals surface area (Å²) in [7, 11) is 3.89. The molecule has 1 unspecified atom stereocenters. The number of unbranched alkanes of at least 4 members (excludes halogenated alkanes) is 1. The van der Waals surface area contributed by atoms with Crippen LogP contribution in [0.3, 0.4) is 0 Å². The van der Waals surface area contributed by atoms with Gasteiger partial charge in [0, 0.05) is 106 Å². The number of imidazole rings is 1. The molecule has 6 aromatic rings. The van der Waals surface area contributed by atoms with E-state index >= 15 is 28.8 Å². The van der Waals surface area contributed by atoms with E-state index in [-0.39, 0.29) is 114 Å². The molecule has 3 aromatic heterocycles. The van der Waals surface area contributed by atoms with Crippen LogP contribution in [-0.2, 0) is 107 Å². The van der Waals surface area contributed by atoms with E-state index in [2.05, 4.69) is 73.4 Å². The van der Waals surface area contributed by atoms with E-state index in [0.29, 0.717) is 45.8 Å². The zero-order valence-corrected chi connectivity index (χ0v) is 77.2. The number of likely N-dealkylation sites (N-methyl/N-ethyl adjacent to an activating group) is 3. The van der Waals surface area contributed by atoms with Crippen LogP contribution >= 0.6 is 34.9 Å². The van der Waals surface area contributed by atoms with Gasteiger partial charge in [0.15, 0.2) is 5.96 Å². The number of aliphatic hydroxyl groups is 2. The van der Waals surface area contributed by atoms with E-state index in [4.69, 9.17) is 22.6 Å². The number of carbonyl (C=O) groups is 17. The summed E-state index contributed by atoms with van der Waals surface area (Å²) in [4.78, 5) is 264. The summed E-state index contributed by atoms with van der Waals surface area (Å²) in [6, 6.07) is -2.20. The quantitative estimate of drug-likeness (QED) is 0.0149. The number of aromatic hydroxyl groups is 1. The lowest BCUT2D eigenvalue weighted by molar-refractivity contribution is -0.149. The number of nitrogens with zero attached hydrogens (tertiary/aromatic N) is 6. The van der Waals surface area contributed by atoms with Gasteiger partial charge in [0.1, 0.15) is 90.3 Å². The Balaban J connectivity index is 1.09. The Morgan fingerprint density at radius 2 is 1.12 bits per heavy atom. The molecule has 14 atom stereocenters. The van der Waals surface area contributed by atoms with Gasteiger partial charge < -0.3 is 125 Å². The minimum Gasteiger partial charge on any atom is -0.508 e. The molecule has 43 nitrogen and oxygen atoms in total. The SMILES string of the molecule is CCCC[C@H]1C(=O)N[C@@H](CCCNC(=N)N)C(=O)NC(C(=O)NCC(N)=O)CSCC(=O)N[C@@H](Cc2ccc(O)cc2)C(=O)N(C)[C@@H](C)C(=O)N[C@@H](CC(N)=O)C(=O)N2CCC[C@H]2C(=O)N[C@@H](Cc2cnc[nH]2)C(=O)N[C@@H](CO)C(=O)N2CCC[C@H]2C(=O)N[C@@H](Cc2c[nH]c3ccccc23)C(=O)N[C@@H](CO)C(=O)N[C@@H](Cc2csc3ccccc23)C(=O)N(C)[C@@H](CCSC)C(=O)N1C. The van der Waals surface area contributed by atoms with Crippen molar-refractivity contribution in [3.63, 3.8) is 0 Å². The van der Waals surface area contributed by atoms with E-state index in [1.54, 1.807) is 48.2 Å². The average molecular weight is 1900 g/mol. The lowest BCUT2D eigenvalue weighted by Crippen LogP contribution is -2.62. The number of nitrogens with two attached hydrogens (primary N) is 3. The summed E-state index contributed by atoms with van der Waals surface area (Å²) in [5, 5.41) is 72.1. The van der Waals surface area contributed by atoms with Crippen LogP contribution in [0.5, 0.6) is 5.75 Å². The maximum Gasteiger partial charge on any atom is 0.248 e. The number of phenols is 1. The number of benzene rings is 3. The molecule has 46 heteroatoms. The van der Waals surface area contributed by atoms with Crippen LogP contribution in [0, 0.1) is 5.41 Å². The molecule has 720 valence electrons. The number of hydrogen-bond donors (Lipinski definition) is 20. The third-order valence-electron chi connectivity index (χ3n) is 23.4. The van der Waals surface area contributed by atoms with Gasteiger partial charge in [-0.25, -0.2) is 4.98 Å². The van der Waals surface area contributed by atoms with Crippen molar-refractivity contribution in [3.05, 3.63) is 119 Å². The number of aromatic nitrogens is 3. The molecule has 0 radical (unpaired) electrons. The first-order valence-corrected chi connectivity index (χ1v) is 47.1. The van der Waals surface area contributed by atoms with Gasteiger partial charge in [-0.3, -0.25) is 86.9 Å². The molecule has 3 saturated heterocycles. The molecule has 17 amide bonds. The third kappa shape index (κ3) is 28.8. The van der Waals surface area contributed by atoms with Crippen LogP contribution in [0.25, 0.3) is 21.0 Å². The number of nitrogens with one attached hydrogen (secondary N) is 14. The molecule has 3 fully saturated rings. The van der Waals surface area contributed by atoms with Gasteiger partial charge in [0.25, 0.3) is 0 Å². The molecule has 133 heavy (non-hydrogen) atoms. The standard InChI is InChI=1S/C87H119N23O20S3/c1-7-8-20-65-79(123)98-56(19-13-29-93-87(90)91)75(119)105-64(74(118)95-40-71(89)115)44-132-45-72(116)97-59(33-48-24-26-52(113)27-25-48)82(126)106(3)47(2)73(117)101-61(37-70(88)114)84(128)109-30-14-21-66(109)81(125)100-58(36-51-39-92-46-96-51)77(121)104-63(42-112)85(129)110-31-15-22-67(110)80(124)99-57(34-49-38-94-55-18-11-9-16-53(49)55)76(120)103-62(41-111)78(122)102-60(35-50-43-133-69-23-12-10-17-54(50)69)83(127)108(5)68(28-32-131-6)86(130)107(65)4/h9-12,16-18,23-27,38-39,43,46-47,56-68,94,111-113H,7-8,13-15,19-22,28-37,40-42,44-45H2,1-6H3,(H2,88,114)(H2,89,115)(H,92,96)(H,95,118)(H,97,116)(H,98,123)(H,99,124)(H,100,125)(H,101,117)(H,102,122)(H,103,120)(H,104,121)(H,105,119)(H4,90,91,93)/t47-,56-,57-,58-,59-,60-,61-,62-,63-,64?,65-,66-,67-,68-/m0/s1. The number of para-hydroxylation sites is 1. The van der Waals surface area contributed by atoms with Crippen molar-refractivity contribution in [3.8, 4) is 5.75 Å². The van der Waals surface area contributed by atoms with Crippen LogP contribution in [0.15, 0.2) is 96.9 Å². The Labute approximate surface area is 779 Å². The number of primary amides is 2. The third-order valence-corrected chi connectivity index (χ3v) is 26.1. The van der Waals surface area contributed by atoms with Crippen LogP contribution in [0.1, 0.15) is 107 Å². The second-order valence-corrected chi connectivity index (χ2v) is 35.8. The van der Waals surface area contributed by atoms with Crippen LogP contribution in [0.2, 0.25) is 0 Å². The fraction of sp³-hybridized carbons (Fsp3) is 0.506. The van der Waals surface area contributed by atoms with Crippen molar-refractivity contribution in [1.29, 1.82) is 5.41 Å². The van der Waals surface area contributed by atoms with E-state index < -0.39 is 229 Å². The monoisotopic (exact) mass is 1900 g/mol. The maximum atomic E-state index is 15.7. The fourth-order valence-corrected chi connectivity index (χ4v) is 18.3. The predicted octanol–water partition coefficient (Wildman–Crippen LogP) is -3.66. The molecule has 0 saturated carbocycles. The van der Waals surface area contributed by atoms with Crippen molar-refractivity contribution in [1.82, 2.24) is 97.9 Å². The van der Waals surface area contributed by atoms with E-state index in [1.807, 2.05) is 25.1 Å². The number of phenolic OH excluding ortho intramolecular Hbond substituents is 1. The van der Waals surface area contributed by atoms with Gasteiger partial charge in [-0.2, -0.15) is 11.8 Å². The first kappa shape index (κ1) is 104. The highest BCUT2D eigenvalue weighted by molar-refractivity contribution is 8.00. The van der Waals surface area contributed by atoms with Crippen molar-refractivity contribution < 1.29 is 96.8 Å². The maximum absolute atomic E-state index is 15.7. The lowest BCUT2D eigenvalue weighted by atomic mass is 10.0. The number of aromatic amines is 2. The van der Waals surface area contributed by atoms with Gasteiger partial charge in [0.05, 0.1) is 38.3 Å². The van der Waals surface area contributed by atoms with Gasteiger partial charge in [-0.15, -0.1) is 23.1 Å². The number of carbonyl (C=O) groups excluding carboxylic acids is 17. The molecule has 6 heterocycles. The number of thioether (sulfide) groups is 2. The van der Waals surface area contributed by atoms with Crippen LogP contribution in [0.4, 0.5) is 0 Å². The first-order valence-electron chi connectivity index (χ1n) is 43.6. The number of amides is 17. The molecular weight excluding hydrogens is 1780 g/mol. The molecule has 9 rings (SSSR count). The molecule has 23 N–H and O–H groups in total. The number of rotatable bonds is 25. The van der Waals surface area contributed by atoms with Crippen molar-refractivity contribution in [2.45, 2.75) is 195 Å². The molecule has 0 aliphatic carbocycles. The smallest absolute Gasteiger partial charge is 0.248 e. The highest BCUT2D eigenvalue weighted by Gasteiger charge is 2.46. The molecule has 3 aliphatic heterocycles. The van der Waals surface area contributed by atoms with Gasteiger partial charge in [0.2, 0.25) is 100 Å². The Morgan fingerprint density at radius 3 is 1.74 bits per heavy atom. The van der Waals surface area contributed by atoms with Gasteiger partial charge in [-0.05, 0) is 122 Å². The molecule has 3 aliphatic rings. The zero-order valence-electron chi connectivity index (χ0n) is 74.7. The van der Waals surface area contributed by atoms with Crippen LogP contribution < -0.4 is 75.7 Å². The summed E-state index contributed by atoms with van der Waals surface area (Å²) in [5.41, 5.74) is 19.1. The molecule has 3 aromatic carbocycles. The number of guanidine groups is 1. The topological polar surface area (TPSA) is 646 Å². The first-order chi connectivity index (χ1) is 63.5. The molecule has 0 spiro atoms. The van der Waals surface area contributed by atoms with Crippen molar-refractivity contribution >= 4 is 162 Å². The summed E-state index contributed by atoms with van der Waals surface area (Å²) >= 11 is 3.43. The number of aliphatic hydroxyl groups excluding tert-OH is 2. The summed E-state index contributed by atoms with van der Waals surface area (Å²) in [6.07, 6.45) is 4.94. The number of H-pyrrole nitrogens is 2. The highest BCUT2D eigenvalue weighted by Crippen LogP contribution is 2.30. The van der Waals surface area contributed by atoms with Crippen LogP contribution in [-0.4, -0.2) is 330 Å². The normalized spacial score (nSPS) is 24.3. The summed E-state index contributed by atoms with van der Waals surface area (Å²) < 4.78 is 0.811. The minimum absolute atomic E-state index is 0.0136. The second kappa shape index (κ2) is 50.1. The Hall–Kier alpha value is -13.0. The zero-order chi connectivity index (χ0) is 96.9. The lowest BCUT2D eigenvalue weighted by Gasteiger charge is -2.36. The predicted molar refractivity (Wildman–Crippen MR) is 493 cm³/mol. The van der Waals surface area contributed by atoms with Gasteiger partial charge >= 0.3 is 0 Å². The average Bonchev–Trinajstić information content (AvgIpc) is 1.80. The number of hydrogen-bond acceptors (Lipinski definition) is 25. The fourth-order valence-electron chi connectivity index (χ4n) is 16.0. The van der Waals surface area contributed by atoms with E-state index in [0.717, 1.165) is 41.0 Å². The molecular formula is C87H119N23O20S3. The van der Waals surface area contributed by atoms with Crippen molar-refractivity contribution in [2.75, 3.05) is 84.1 Å². The second-order valence-electron chi connectivity index (χ2n) is 32.9.